The summed E-state index contributed by atoms with van der Waals surface area (Å²) in [5.41, 5.74) is 1.73. The minimum absolute atomic E-state index is 0.127. The number of aromatic nitrogens is 3. The van der Waals surface area contributed by atoms with Gasteiger partial charge in [0.1, 0.15) is 5.75 Å². The molecule has 11 heteroatoms. The van der Waals surface area contributed by atoms with Crippen LogP contribution in [0.15, 0.2) is 58.6 Å². The molecule has 1 atom stereocenters. The molecule has 0 radical (unpaired) electrons. The van der Waals surface area contributed by atoms with Gasteiger partial charge >= 0.3 is 0 Å². The lowest BCUT2D eigenvalue weighted by atomic mass is 9.99. The first-order chi connectivity index (χ1) is 17.4. The number of rotatable bonds is 10. The zero-order chi connectivity index (χ0) is 25.5. The predicted octanol–water partition coefficient (Wildman–Crippen LogP) is 3.49. The van der Waals surface area contributed by atoms with E-state index in [1.54, 1.807) is 18.2 Å². The van der Waals surface area contributed by atoms with Gasteiger partial charge in [0, 0.05) is 31.0 Å². The van der Waals surface area contributed by atoms with Crippen molar-refractivity contribution in [2.45, 2.75) is 36.7 Å². The number of thioether (sulfide) groups is 1. The van der Waals surface area contributed by atoms with Crippen molar-refractivity contribution in [2.75, 3.05) is 32.0 Å². The van der Waals surface area contributed by atoms with Gasteiger partial charge in [-0.2, -0.15) is 4.31 Å². The number of aromatic amines is 1. The molecular weight excluding hydrogens is 498 g/mol. The lowest BCUT2D eigenvalue weighted by Gasteiger charge is -2.31. The van der Waals surface area contributed by atoms with E-state index in [1.807, 2.05) is 44.2 Å². The molecule has 3 aromatic rings. The highest BCUT2D eigenvalue weighted by Crippen LogP contribution is 2.27. The topological polar surface area (TPSA) is 117 Å². The van der Waals surface area contributed by atoms with Gasteiger partial charge in [-0.25, -0.2) is 13.4 Å². The van der Waals surface area contributed by atoms with Crippen LogP contribution in [0.2, 0.25) is 0 Å². The third kappa shape index (κ3) is 6.26. The summed E-state index contributed by atoms with van der Waals surface area (Å²) < 4.78 is 33.4. The van der Waals surface area contributed by atoms with Crippen LogP contribution in [0.5, 0.6) is 5.75 Å². The Morgan fingerprint density at radius 1 is 1.25 bits per heavy atom. The molecule has 0 spiro atoms. The molecule has 0 unspecified atom stereocenters. The molecule has 1 aliphatic rings. The average molecular weight is 530 g/mol. The number of hydrogen-bond acceptors (Lipinski definition) is 7. The van der Waals surface area contributed by atoms with E-state index >= 15 is 0 Å². The smallest absolute Gasteiger partial charge is 0.243 e. The Morgan fingerprint density at radius 2 is 2.06 bits per heavy atom. The molecule has 1 aliphatic heterocycles. The molecule has 1 aromatic heterocycles. The molecule has 2 heterocycles. The van der Waals surface area contributed by atoms with Crippen LogP contribution < -0.4 is 10.1 Å². The Labute approximate surface area is 216 Å². The molecule has 1 amide bonds. The normalized spacial score (nSPS) is 16.6. The van der Waals surface area contributed by atoms with Crippen molar-refractivity contribution in [3.8, 4) is 17.1 Å². The Bertz CT molecular complexity index is 1280. The van der Waals surface area contributed by atoms with Crippen LogP contribution in [0, 0.1) is 12.8 Å². The van der Waals surface area contributed by atoms with Crippen molar-refractivity contribution in [2.24, 2.45) is 5.92 Å². The Hall–Kier alpha value is -2.89. The van der Waals surface area contributed by atoms with Crippen LogP contribution in [0.25, 0.3) is 11.4 Å². The van der Waals surface area contributed by atoms with E-state index in [0.29, 0.717) is 55.0 Å². The number of carbonyl (C=O) groups is 1. The third-order valence-corrected chi connectivity index (χ3v) is 8.69. The van der Waals surface area contributed by atoms with Crippen molar-refractivity contribution in [1.82, 2.24) is 24.8 Å². The molecule has 1 saturated heterocycles. The van der Waals surface area contributed by atoms with Gasteiger partial charge in [0.2, 0.25) is 21.1 Å². The second-order valence-electron chi connectivity index (χ2n) is 8.53. The number of aryl methyl sites for hydroxylation is 1. The van der Waals surface area contributed by atoms with Gasteiger partial charge in [-0.15, -0.1) is 5.10 Å². The molecule has 4 rings (SSSR count). The standard InChI is InChI=1S/C25H31N5O4S2/c1-3-34-22-12-11-21(16-18(22)2)36(32,33)30-14-7-10-20(17-30)24(31)26-13-15-35-25-27-23(28-29-25)19-8-5-4-6-9-19/h4-6,8-9,11-12,16,20H,3,7,10,13-15,17H2,1-2H3,(H,26,31)(H,27,28,29)/t20-/m0/s1. The summed E-state index contributed by atoms with van der Waals surface area (Å²) in [5.74, 6) is 1.48. The number of hydrogen-bond donors (Lipinski definition) is 2. The largest absolute Gasteiger partial charge is 0.494 e. The first-order valence-corrected chi connectivity index (χ1v) is 14.4. The lowest BCUT2D eigenvalue weighted by Crippen LogP contribution is -2.45. The molecule has 0 aliphatic carbocycles. The Morgan fingerprint density at radius 3 is 2.81 bits per heavy atom. The van der Waals surface area contributed by atoms with Crippen molar-refractivity contribution in [3.63, 3.8) is 0 Å². The van der Waals surface area contributed by atoms with Gasteiger partial charge in [0.25, 0.3) is 0 Å². The first-order valence-electron chi connectivity index (χ1n) is 12.0. The lowest BCUT2D eigenvalue weighted by molar-refractivity contribution is -0.125. The summed E-state index contributed by atoms with van der Waals surface area (Å²) in [7, 11) is -3.69. The van der Waals surface area contributed by atoms with E-state index in [0.717, 1.165) is 11.1 Å². The van der Waals surface area contributed by atoms with Crippen molar-refractivity contribution in [1.29, 1.82) is 0 Å². The molecule has 2 aromatic carbocycles. The van der Waals surface area contributed by atoms with Crippen LogP contribution in [0.3, 0.4) is 0 Å². The fourth-order valence-corrected chi connectivity index (χ4v) is 6.38. The number of benzene rings is 2. The molecule has 9 nitrogen and oxygen atoms in total. The fourth-order valence-electron chi connectivity index (χ4n) is 4.12. The van der Waals surface area contributed by atoms with Crippen LogP contribution in [0.1, 0.15) is 25.3 Å². The summed E-state index contributed by atoms with van der Waals surface area (Å²) in [5, 5.41) is 10.7. The second-order valence-corrected chi connectivity index (χ2v) is 11.5. The number of amides is 1. The molecule has 0 bridgehead atoms. The van der Waals surface area contributed by atoms with Gasteiger partial charge in [0.05, 0.1) is 17.4 Å². The van der Waals surface area contributed by atoms with Gasteiger partial charge in [-0.1, -0.05) is 42.1 Å². The minimum Gasteiger partial charge on any atom is -0.494 e. The molecule has 192 valence electrons. The van der Waals surface area contributed by atoms with E-state index in [-0.39, 0.29) is 23.3 Å². The number of sulfonamides is 1. The van der Waals surface area contributed by atoms with Crippen LogP contribution >= 0.6 is 11.8 Å². The van der Waals surface area contributed by atoms with Crippen LogP contribution in [-0.4, -0.2) is 65.8 Å². The van der Waals surface area contributed by atoms with E-state index in [4.69, 9.17) is 4.74 Å². The summed E-state index contributed by atoms with van der Waals surface area (Å²) in [6.07, 6.45) is 1.30. The highest BCUT2D eigenvalue weighted by Gasteiger charge is 2.33. The van der Waals surface area contributed by atoms with Crippen LogP contribution in [-0.2, 0) is 14.8 Å². The highest BCUT2D eigenvalue weighted by atomic mass is 32.2. The van der Waals surface area contributed by atoms with Crippen molar-refractivity contribution in [3.05, 3.63) is 54.1 Å². The second kappa shape index (κ2) is 11.9. The molecule has 0 saturated carbocycles. The average Bonchev–Trinajstić information content (AvgIpc) is 3.37. The molecule has 2 N–H and O–H groups in total. The van der Waals surface area contributed by atoms with Gasteiger partial charge in [-0.3, -0.25) is 9.89 Å². The highest BCUT2D eigenvalue weighted by molar-refractivity contribution is 7.99. The van der Waals surface area contributed by atoms with Gasteiger partial charge < -0.3 is 10.1 Å². The monoisotopic (exact) mass is 529 g/mol. The molecular formula is C25H31N5O4S2. The van der Waals surface area contributed by atoms with Gasteiger partial charge in [0.15, 0.2) is 5.82 Å². The third-order valence-electron chi connectivity index (χ3n) is 5.98. The maximum Gasteiger partial charge on any atom is 0.243 e. The van der Waals surface area contributed by atoms with E-state index in [2.05, 4.69) is 20.5 Å². The SMILES string of the molecule is CCOc1ccc(S(=O)(=O)N2CCC[C@H](C(=O)NCCSc3n[nH]c(-c4ccccc4)n3)C2)cc1C. The van der Waals surface area contributed by atoms with E-state index in [1.165, 1.54) is 16.1 Å². The number of carbonyl (C=O) groups excluding carboxylic acids is 1. The summed E-state index contributed by atoms with van der Waals surface area (Å²) in [6.45, 7) is 5.26. The Kier molecular flexibility index (Phi) is 8.65. The fraction of sp³-hybridized carbons (Fsp3) is 0.400. The minimum atomic E-state index is -3.69. The Balaban J connectivity index is 1.28. The quantitative estimate of drug-likeness (QED) is 0.305. The predicted molar refractivity (Wildman–Crippen MR) is 139 cm³/mol. The van der Waals surface area contributed by atoms with Crippen molar-refractivity contribution < 1.29 is 17.9 Å². The van der Waals surface area contributed by atoms with Crippen molar-refractivity contribution >= 4 is 27.7 Å². The summed E-state index contributed by atoms with van der Waals surface area (Å²) in [6, 6.07) is 14.6. The number of ether oxygens (including phenoxy) is 1. The zero-order valence-corrected chi connectivity index (χ0v) is 22.1. The number of nitrogens with zero attached hydrogens (tertiary/aromatic N) is 3. The first kappa shape index (κ1) is 26.2. The van der Waals surface area contributed by atoms with E-state index in [9.17, 15) is 13.2 Å². The zero-order valence-electron chi connectivity index (χ0n) is 20.4. The maximum absolute atomic E-state index is 13.2. The molecule has 36 heavy (non-hydrogen) atoms. The van der Waals surface area contributed by atoms with Gasteiger partial charge in [-0.05, 0) is 50.5 Å². The maximum atomic E-state index is 13.2. The summed E-state index contributed by atoms with van der Waals surface area (Å²) in [4.78, 5) is 17.5. The number of piperidine rings is 1. The number of H-pyrrole nitrogens is 1. The number of nitrogens with one attached hydrogen (secondary N) is 2. The summed E-state index contributed by atoms with van der Waals surface area (Å²) >= 11 is 1.45. The molecule has 1 fully saturated rings. The van der Waals surface area contributed by atoms with Crippen LogP contribution in [0.4, 0.5) is 0 Å². The van der Waals surface area contributed by atoms with E-state index < -0.39 is 10.0 Å².